The van der Waals surface area contributed by atoms with Crippen molar-refractivity contribution >= 4 is 5.96 Å². The number of hydrogen-bond donors (Lipinski definition) is 2. The summed E-state index contributed by atoms with van der Waals surface area (Å²) in [5.74, 6) is 1.09. The van der Waals surface area contributed by atoms with E-state index in [-0.39, 0.29) is 11.9 Å². The summed E-state index contributed by atoms with van der Waals surface area (Å²) in [6.45, 7) is 11.7. The molecule has 1 aromatic carbocycles. The van der Waals surface area contributed by atoms with Crippen molar-refractivity contribution in [3.63, 3.8) is 0 Å². The van der Waals surface area contributed by atoms with E-state index in [2.05, 4.69) is 32.3 Å². The molecule has 2 unspecified atom stereocenters. The topological polar surface area (TPSA) is 61.4 Å². The van der Waals surface area contributed by atoms with Crippen LogP contribution in [0, 0.1) is 11.7 Å². The number of halogens is 1. The van der Waals surface area contributed by atoms with Crippen LogP contribution in [0.3, 0.4) is 0 Å². The minimum atomic E-state index is -0.209. The summed E-state index contributed by atoms with van der Waals surface area (Å²) >= 11 is 0. The van der Waals surface area contributed by atoms with Crippen molar-refractivity contribution in [1.29, 1.82) is 0 Å². The third-order valence-corrected chi connectivity index (χ3v) is 5.72. The van der Waals surface area contributed by atoms with Gasteiger partial charge in [0.15, 0.2) is 5.96 Å². The maximum atomic E-state index is 13.4. The molecular weight excluding hydrogens is 385 g/mol. The molecule has 0 aliphatic carbocycles. The molecule has 8 heteroatoms. The van der Waals surface area contributed by atoms with Crippen LogP contribution < -0.4 is 10.6 Å². The highest BCUT2D eigenvalue weighted by atomic mass is 19.1. The lowest BCUT2D eigenvalue weighted by Crippen LogP contribution is -2.47. The molecule has 0 radical (unpaired) electrons. The molecular formula is C22H36FN5O2. The normalized spacial score (nSPS) is 21.2. The highest BCUT2D eigenvalue weighted by Crippen LogP contribution is 2.21. The number of nitrogens with zero attached hydrogens (tertiary/aromatic N) is 3. The lowest BCUT2D eigenvalue weighted by atomic mass is 10.0. The first-order chi connectivity index (χ1) is 14.7. The predicted octanol–water partition coefficient (Wildman–Crippen LogP) is 1.33. The molecule has 3 rings (SSSR count). The van der Waals surface area contributed by atoms with E-state index in [1.54, 1.807) is 7.05 Å². The van der Waals surface area contributed by atoms with Crippen molar-refractivity contribution in [1.82, 2.24) is 20.4 Å². The third-order valence-electron chi connectivity index (χ3n) is 5.72. The average Bonchev–Trinajstić information content (AvgIpc) is 2.78. The molecule has 2 atom stereocenters. The Morgan fingerprint density at radius 2 is 1.60 bits per heavy atom. The van der Waals surface area contributed by atoms with Crippen molar-refractivity contribution < 1.29 is 13.9 Å². The molecule has 168 valence electrons. The van der Waals surface area contributed by atoms with E-state index < -0.39 is 0 Å². The van der Waals surface area contributed by atoms with Gasteiger partial charge < -0.3 is 20.1 Å². The Hall–Kier alpha value is -1.74. The summed E-state index contributed by atoms with van der Waals surface area (Å²) in [6.07, 6.45) is 0. The maximum Gasteiger partial charge on any atom is 0.191 e. The van der Waals surface area contributed by atoms with Gasteiger partial charge in [0.25, 0.3) is 0 Å². The maximum absolute atomic E-state index is 13.4. The Kier molecular flexibility index (Phi) is 9.32. The monoisotopic (exact) mass is 421 g/mol. The Morgan fingerprint density at radius 1 is 1.00 bits per heavy atom. The SMILES string of the molecule is CN=C(NCC(C)CN1CCOCC1)NCC(c1ccc(F)cc1)N1CCOCC1. The zero-order valence-corrected chi connectivity index (χ0v) is 18.3. The van der Waals surface area contributed by atoms with Crippen LogP contribution in [0.1, 0.15) is 18.5 Å². The quantitative estimate of drug-likeness (QED) is 0.488. The van der Waals surface area contributed by atoms with Crippen LogP contribution in [0.4, 0.5) is 4.39 Å². The zero-order valence-electron chi connectivity index (χ0n) is 18.3. The van der Waals surface area contributed by atoms with Gasteiger partial charge in [-0.15, -0.1) is 0 Å². The number of guanidine groups is 1. The van der Waals surface area contributed by atoms with E-state index >= 15 is 0 Å². The molecule has 0 bridgehead atoms. The molecule has 0 amide bonds. The predicted molar refractivity (Wildman–Crippen MR) is 117 cm³/mol. The van der Waals surface area contributed by atoms with Gasteiger partial charge in [-0.2, -0.15) is 0 Å². The summed E-state index contributed by atoms with van der Waals surface area (Å²) in [6, 6.07) is 6.95. The van der Waals surface area contributed by atoms with Crippen molar-refractivity contribution in [2.45, 2.75) is 13.0 Å². The first-order valence-corrected chi connectivity index (χ1v) is 11.0. The second-order valence-electron chi connectivity index (χ2n) is 8.07. The van der Waals surface area contributed by atoms with Gasteiger partial charge in [-0.3, -0.25) is 14.8 Å². The molecule has 2 saturated heterocycles. The molecule has 0 saturated carbocycles. The number of aliphatic imine (C=N–C) groups is 1. The van der Waals surface area contributed by atoms with E-state index in [4.69, 9.17) is 9.47 Å². The fourth-order valence-corrected chi connectivity index (χ4v) is 4.01. The number of benzene rings is 1. The molecule has 2 N–H and O–H groups in total. The van der Waals surface area contributed by atoms with Gasteiger partial charge in [-0.25, -0.2) is 4.39 Å². The largest absolute Gasteiger partial charge is 0.379 e. The van der Waals surface area contributed by atoms with Gasteiger partial charge in [0.2, 0.25) is 0 Å². The minimum absolute atomic E-state index is 0.138. The van der Waals surface area contributed by atoms with Gasteiger partial charge in [0.05, 0.1) is 32.5 Å². The third kappa shape index (κ3) is 7.19. The van der Waals surface area contributed by atoms with Gasteiger partial charge in [-0.1, -0.05) is 19.1 Å². The van der Waals surface area contributed by atoms with Crippen LogP contribution >= 0.6 is 0 Å². The van der Waals surface area contributed by atoms with Crippen LogP contribution in [0.5, 0.6) is 0 Å². The fraction of sp³-hybridized carbons (Fsp3) is 0.682. The first kappa shape index (κ1) is 22.9. The van der Waals surface area contributed by atoms with E-state index in [1.807, 2.05) is 12.1 Å². The highest BCUT2D eigenvalue weighted by Gasteiger charge is 2.23. The smallest absolute Gasteiger partial charge is 0.191 e. The second-order valence-corrected chi connectivity index (χ2v) is 8.07. The van der Waals surface area contributed by atoms with Gasteiger partial charge in [0.1, 0.15) is 5.82 Å². The lowest BCUT2D eigenvalue weighted by molar-refractivity contribution is 0.0169. The van der Waals surface area contributed by atoms with Gasteiger partial charge >= 0.3 is 0 Å². The molecule has 7 nitrogen and oxygen atoms in total. The van der Waals surface area contributed by atoms with E-state index in [0.717, 1.165) is 77.2 Å². The van der Waals surface area contributed by atoms with E-state index in [1.165, 1.54) is 12.1 Å². The highest BCUT2D eigenvalue weighted by molar-refractivity contribution is 5.79. The van der Waals surface area contributed by atoms with Crippen LogP contribution in [0.2, 0.25) is 0 Å². The number of morpholine rings is 2. The van der Waals surface area contributed by atoms with E-state index in [0.29, 0.717) is 12.5 Å². The summed E-state index contributed by atoms with van der Waals surface area (Å²) in [5, 5.41) is 6.92. The Balaban J connectivity index is 1.51. The van der Waals surface area contributed by atoms with Crippen LogP contribution in [0.15, 0.2) is 29.3 Å². The molecule has 30 heavy (non-hydrogen) atoms. The summed E-state index contributed by atoms with van der Waals surface area (Å²) in [7, 11) is 1.80. The fourth-order valence-electron chi connectivity index (χ4n) is 4.01. The number of rotatable bonds is 8. The Bertz CT molecular complexity index is 645. The number of nitrogens with one attached hydrogen (secondary N) is 2. The molecule has 2 aliphatic heterocycles. The van der Waals surface area contributed by atoms with Crippen molar-refractivity contribution in [3.8, 4) is 0 Å². The minimum Gasteiger partial charge on any atom is -0.379 e. The first-order valence-electron chi connectivity index (χ1n) is 11.0. The molecule has 1 aromatic rings. The molecule has 2 aliphatic rings. The van der Waals surface area contributed by atoms with Crippen molar-refractivity contribution in [2.24, 2.45) is 10.9 Å². The van der Waals surface area contributed by atoms with Crippen molar-refractivity contribution in [2.75, 3.05) is 79.3 Å². The van der Waals surface area contributed by atoms with Crippen LogP contribution in [-0.4, -0.2) is 95.0 Å². The van der Waals surface area contributed by atoms with Gasteiger partial charge in [0, 0.05) is 52.9 Å². The van der Waals surface area contributed by atoms with Crippen LogP contribution in [0.25, 0.3) is 0 Å². The zero-order chi connectivity index (χ0) is 21.2. The lowest BCUT2D eigenvalue weighted by Gasteiger charge is -2.35. The van der Waals surface area contributed by atoms with Crippen LogP contribution in [-0.2, 0) is 9.47 Å². The standard InChI is InChI=1S/C22H36FN5O2/c1-18(17-27-7-11-29-12-8-27)15-25-22(24-2)26-16-21(28-9-13-30-14-10-28)19-3-5-20(23)6-4-19/h3-6,18,21H,7-17H2,1-2H3,(H2,24,25,26). The summed E-state index contributed by atoms with van der Waals surface area (Å²) in [4.78, 5) is 9.23. The number of ether oxygens (including phenoxy) is 2. The van der Waals surface area contributed by atoms with Gasteiger partial charge in [-0.05, 0) is 23.6 Å². The molecule has 2 heterocycles. The molecule has 0 spiro atoms. The summed E-state index contributed by atoms with van der Waals surface area (Å²) < 4.78 is 24.4. The second kappa shape index (κ2) is 12.2. The van der Waals surface area contributed by atoms with Crippen molar-refractivity contribution in [3.05, 3.63) is 35.6 Å². The number of hydrogen-bond acceptors (Lipinski definition) is 5. The Labute approximate surface area is 179 Å². The Morgan fingerprint density at radius 3 is 2.23 bits per heavy atom. The molecule has 2 fully saturated rings. The molecule has 0 aromatic heterocycles. The van der Waals surface area contributed by atoms with E-state index in [9.17, 15) is 4.39 Å². The summed E-state index contributed by atoms with van der Waals surface area (Å²) in [5.41, 5.74) is 1.10. The average molecular weight is 422 g/mol.